The summed E-state index contributed by atoms with van der Waals surface area (Å²) in [6.45, 7) is 0.251. The molecule has 0 fully saturated rings. The lowest BCUT2D eigenvalue weighted by Gasteiger charge is -2.07. The zero-order chi connectivity index (χ0) is 17.2. The highest BCUT2D eigenvalue weighted by molar-refractivity contribution is 5.92. The molecule has 0 aliphatic carbocycles. The van der Waals surface area contributed by atoms with Gasteiger partial charge < -0.3 is 10.3 Å². The molecule has 5 nitrogen and oxygen atoms in total. The fourth-order valence-electron chi connectivity index (χ4n) is 2.67. The number of anilines is 1. The molecule has 0 bridgehead atoms. The second kappa shape index (κ2) is 6.27. The number of aromatic nitrogens is 4. The van der Waals surface area contributed by atoms with Crippen LogP contribution < -0.4 is 5.32 Å². The van der Waals surface area contributed by atoms with Crippen LogP contribution in [0.5, 0.6) is 0 Å². The average molecular weight is 337 g/mol. The van der Waals surface area contributed by atoms with Crippen molar-refractivity contribution < 1.29 is 8.78 Å². The predicted molar refractivity (Wildman–Crippen MR) is 90.8 cm³/mol. The van der Waals surface area contributed by atoms with Crippen LogP contribution >= 0.6 is 0 Å². The highest BCUT2D eigenvalue weighted by atomic mass is 19.1. The summed E-state index contributed by atoms with van der Waals surface area (Å²) in [5.41, 5.74) is 2.90. The van der Waals surface area contributed by atoms with Gasteiger partial charge in [0.25, 0.3) is 0 Å². The van der Waals surface area contributed by atoms with Gasteiger partial charge in [0.2, 0.25) is 0 Å². The van der Waals surface area contributed by atoms with E-state index in [9.17, 15) is 8.78 Å². The molecule has 0 radical (unpaired) electrons. The minimum Gasteiger partial charge on any atom is -0.366 e. The van der Waals surface area contributed by atoms with Crippen LogP contribution in [0.4, 0.5) is 14.6 Å². The molecule has 7 heteroatoms. The molecule has 0 atom stereocenters. The number of benzene rings is 1. The van der Waals surface area contributed by atoms with Crippen molar-refractivity contribution in [2.75, 3.05) is 5.32 Å². The van der Waals surface area contributed by atoms with E-state index < -0.39 is 11.6 Å². The molecule has 0 amide bonds. The minimum atomic E-state index is -0.605. The lowest BCUT2D eigenvalue weighted by atomic mass is 10.1. The SMILES string of the molecule is Fc1cc(F)cc(CNc2cc(-c3c[nH]c4ncccc34)ncn2)c1. The summed E-state index contributed by atoms with van der Waals surface area (Å²) in [5, 5.41) is 4.01. The molecule has 0 spiro atoms. The number of nitrogens with one attached hydrogen (secondary N) is 2. The molecule has 124 valence electrons. The van der Waals surface area contributed by atoms with Gasteiger partial charge in [-0.1, -0.05) is 0 Å². The average Bonchev–Trinajstić information content (AvgIpc) is 3.04. The number of hydrogen-bond donors (Lipinski definition) is 2. The molecule has 0 aliphatic rings. The van der Waals surface area contributed by atoms with Gasteiger partial charge in [0.15, 0.2) is 0 Å². The lowest BCUT2D eigenvalue weighted by Crippen LogP contribution is -2.03. The number of halogens is 2. The van der Waals surface area contributed by atoms with Gasteiger partial charge in [0.05, 0.1) is 5.69 Å². The monoisotopic (exact) mass is 337 g/mol. The van der Waals surface area contributed by atoms with Gasteiger partial charge in [0.1, 0.15) is 29.4 Å². The molecule has 3 aromatic heterocycles. The zero-order valence-electron chi connectivity index (χ0n) is 13.0. The first kappa shape index (κ1) is 15.2. The Balaban J connectivity index is 1.59. The van der Waals surface area contributed by atoms with Crippen molar-refractivity contribution >= 4 is 16.9 Å². The largest absolute Gasteiger partial charge is 0.366 e. The summed E-state index contributed by atoms with van der Waals surface area (Å²) in [7, 11) is 0. The maximum atomic E-state index is 13.2. The van der Waals surface area contributed by atoms with E-state index in [1.54, 1.807) is 12.3 Å². The molecular weight excluding hydrogens is 324 g/mol. The van der Waals surface area contributed by atoms with Crippen molar-refractivity contribution in [3.05, 3.63) is 72.3 Å². The standard InChI is InChI=1S/C18H13F2N5/c19-12-4-11(5-13(20)6-12)8-22-17-7-16(24-10-25-17)15-9-23-18-14(15)2-1-3-21-18/h1-7,9-10H,8H2,(H,21,23)(H,22,24,25). The fourth-order valence-corrected chi connectivity index (χ4v) is 2.67. The summed E-state index contributed by atoms with van der Waals surface area (Å²) in [6, 6.07) is 9.01. The van der Waals surface area contributed by atoms with Gasteiger partial charge in [-0.3, -0.25) is 0 Å². The van der Waals surface area contributed by atoms with Crippen molar-refractivity contribution in [2.45, 2.75) is 6.54 Å². The van der Waals surface area contributed by atoms with E-state index in [2.05, 4.69) is 25.3 Å². The normalized spacial score (nSPS) is 11.0. The van der Waals surface area contributed by atoms with E-state index in [1.165, 1.54) is 18.5 Å². The maximum absolute atomic E-state index is 13.2. The van der Waals surface area contributed by atoms with E-state index in [1.807, 2.05) is 18.3 Å². The number of hydrogen-bond acceptors (Lipinski definition) is 4. The second-order valence-electron chi connectivity index (χ2n) is 5.52. The van der Waals surface area contributed by atoms with Gasteiger partial charge in [-0.05, 0) is 29.8 Å². The summed E-state index contributed by atoms with van der Waals surface area (Å²) in [5.74, 6) is -0.647. The zero-order valence-corrected chi connectivity index (χ0v) is 13.0. The van der Waals surface area contributed by atoms with Crippen molar-refractivity contribution in [3.63, 3.8) is 0 Å². The Morgan fingerprint density at radius 1 is 1.00 bits per heavy atom. The van der Waals surface area contributed by atoms with E-state index in [4.69, 9.17) is 0 Å². The molecule has 0 saturated carbocycles. The lowest BCUT2D eigenvalue weighted by molar-refractivity contribution is 0.580. The Bertz CT molecular complexity index is 1020. The second-order valence-corrected chi connectivity index (χ2v) is 5.52. The van der Waals surface area contributed by atoms with Crippen LogP contribution in [0.3, 0.4) is 0 Å². The van der Waals surface area contributed by atoms with Crippen molar-refractivity contribution in [1.82, 2.24) is 19.9 Å². The topological polar surface area (TPSA) is 66.5 Å². The smallest absolute Gasteiger partial charge is 0.137 e. The Morgan fingerprint density at radius 2 is 1.84 bits per heavy atom. The van der Waals surface area contributed by atoms with Crippen LogP contribution in [0.25, 0.3) is 22.3 Å². The molecule has 0 aliphatic heterocycles. The van der Waals surface area contributed by atoms with Crippen LogP contribution in [0, 0.1) is 11.6 Å². The highest BCUT2D eigenvalue weighted by Crippen LogP contribution is 2.26. The Kier molecular flexibility index (Phi) is 3.81. The molecular formula is C18H13F2N5. The summed E-state index contributed by atoms with van der Waals surface area (Å²) in [4.78, 5) is 15.8. The number of pyridine rings is 1. The first-order chi connectivity index (χ1) is 12.2. The van der Waals surface area contributed by atoms with Crippen LogP contribution in [0.15, 0.2) is 55.1 Å². The molecule has 1 aromatic carbocycles. The molecule has 25 heavy (non-hydrogen) atoms. The summed E-state index contributed by atoms with van der Waals surface area (Å²) >= 11 is 0. The van der Waals surface area contributed by atoms with Gasteiger partial charge in [-0.25, -0.2) is 23.7 Å². The van der Waals surface area contributed by atoms with Gasteiger partial charge in [-0.2, -0.15) is 0 Å². The molecule has 3 heterocycles. The summed E-state index contributed by atoms with van der Waals surface area (Å²) < 4.78 is 26.5. The third kappa shape index (κ3) is 3.16. The Labute approximate surface area is 141 Å². The van der Waals surface area contributed by atoms with Crippen LogP contribution in [-0.4, -0.2) is 19.9 Å². The quantitative estimate of drug-likeness (QED) is 0.592. The van der Waals surface area contributed by atoms with E-state index in [0.717, 1.165) is 28.4 Å². The third-order valence-corrected chi connectivity index (χ3v) is 3.79. The molecule has 4 aromatic rings. The summed E-state index contributed by atoms with van der Waals surface area (Å²) in [6.07, 6.45) is 5.00. The van der Waals surface area contributed by atoms with Gasteiger partial charge in [-0.15, -0.1) is 0 Å². The van der Waals surface area contributed by atoms with Gasteiger partial charge >= 0.3 is 0 Å². The fraction of sp³-hybridized carbons (Fsp3) is 0.0556. The Morgan fingerprint density at radius 3 is 2.68 bits per heavy atom. The number of aromatic amines is 1. The van der Waals surface area contributed by atoms with Crippen LogP contribution in [0.1, 0.15) is 5.56 Å². The number of H-pyrrole nitrogens is 1. The van der Waals surface area contributed by atoms with Gasteiger partial charge in [0, 0.05) is 42.0 Å². The predicted octanol–water partition coefficient (Wildman–Crippen LogP) is 3.91. The van der Waals surface area contributed by atoms with Crippen LogP contribution in [0.2, 0.25) is 0 Å². The van der Waals surface area contributed by atoms with Crippen molar-refractivity contribution in [1.29, 1.82) is 0 Å². The molecule has 0 unspecified atom stereocenters. The molecule has 0 saturated heterocycles. The number of fused-ring (bicyclic) bond motifs is 1. The minimum absolute atomic E-state index is 0.251. The number of nitrogens with zero attached hydrogens (tertiary/aromatic N) is 3. The third-order valence-electron chi connectivity index (χ3n) is 3.79. The number of rotatable bonds is 4. The van der Waals surface area contributed by atoms with Crippen LogP contribution in [-0.2, 0) is 6.54 Å². The van der Waals surface area contributed by atoms with Crippen molar-refractivity contribution in [3.8, 4) is 11.3 Å². The molecule has 4 rings (SSSR count). The molecule has 2 N–H and O–H groups in total. The maximum Gasteiger partial charge on any atom is 0.137 e. The van der Waals surface area contributed by atoms with E-state index >= 15 is 0 Å². The Hall–Kier alpha value is -3.35. The van der Waals surface area contributed by atoms with E-state index in [0.29, 0.717) is 11.4 Å². The first-order valence-electron chi connectivity index (χ1n) is 7.62. The highest BCUT2D eigenvalue weighted by Gasteiger charge is 2.09. The van der Waals surface area contributed by atoms with E-state index in [-0.39, 0.29) is 6.54 Å². The first-order valence-corrected chi connectivity index (χ1v) is 7.62. The van der Waals surface area contributed by atoms with Crippen molar-refractivity contribution in [2.24, 2.45) is 0 Å².